The van der Waals surface area contributed by atoms with Gasteiger partial charge in [-0.15, -0.1) is 22.7 Å². The summed E-state index contributed by atoms with van der Waals surface area (Å²) >= 11 is 3.74. The van der Waals surface area contributed by atoms with Gasteiger partial charge < -0.3 is 9.32 Å². The molecule has 0 aliphatic rings. The number of thiophene rings is 2. The standard InChI is InChI=1S/C50H29NOS2/c1-3-12-35-30(9-1)11-7-16-43(35)51(33-21-25-46-41(28-33)40-24-19-31-10-2-4-13-37(31)50(40)54-46)34-22-26-47-42(29-34)49-36(15-8-18-48(49)53-47)32-20-23-39-38-14-5-6-17-44(38)52-45(39)27-32/h1-29H. The molecule has 54 heavy (non-hydrogen) atoms. The van der Waals surface area contributed by atoms with Crippen LogP contribution in [0, 0.1) is 0 Å². The van der Waals surface area contributed by atoms with Gasteiger partial charge in [0.05, 0.1) is 5.69 Å². The van der Waals surface area contributed by atoms with Gasteiger partial charge in [0.2, 0.25) is 0 Å². The van der Waals surface area contributed by atoms with Crippen molar-refractivity contribution in [1.82, 2.24) is 0 Å². The minimum absolute atomic E-state index is 0.914. The topological polar surface area (TPSA) is 16.4 Å². The lowest BCUT2D eigenvalue weighted by molar-refractivity contribution is 0.669. The predicted octanol–water partition coefficient (Wildman–Crippen LogP) is 15.8. The van der Waals surface area contributed by atoms with Gasteiger partial charge in [0.15, 0.2) is 0 Å². The number of nitrogens with zero attached hydrogens (tertiary/aromatic N) is 1. The second-order valence-electron chi connectivity index (χ2n) is 14.0. The largest absolute Gasteiger partial charge is 0.456 e. The molecule has 3 aromatic heterocycles. The second-order valence-corrected chi connectivity index (χ2v) is 16.2. The summed E-state index contributed by atoms with van der Waals surface area (Å²) in [5, 5.41) is 12.5. The molecule has 0 N–H and O–H groups in total. The van der Waals surface area contributed by atoms with Crippen molar-refractivity contribution in [3.63, 3.8) is 0 Å². The van der Waals surface area contributed by atoms with Crippen LogP contribution in [0.5, 0.6) is 0 Å². The second kappa shape index (κ2) is 11.5. The van der Waals surface area contributed by atoms with Crippen molar-refractivity contribution < 1.29 is 4.42 Å². The van der Waals surface area contributed by atoms with Gasteiger partial charge in [0.1, 0.15) is 11.2 Å². The summed E-state index contributed by atoms with van der Waals surface area (Å²) in [7, 11) is 0. The average molecular weight is 724 g/mol. The zero-order valence-corrected chi connectivity index (χ0v) is 30.5. The van der Waals surface area contributed by atoms with Gasteiger partial charge in [0, 0.05) is 67.9 Å². The van der Waals surface area contributed by atoms with Crippen molar-refractivity contribution >= 4 is 124 Å². The highest BCUT2D eigenvalue weighted by Crippen LogP contribution is 2.47. The Morgan fingerprint density at radius 1 is 0.389 bits per heavy atom. The highest BCUT2D eigenvalue weighted by Gasteiger charge is 2.20. The smallest absolute Gasteiger partial charge is 0.136 e. The summed E-state index contributed by atoms with van der Waals surface area (Å²) in [6.45, 7) is 0. The summed E-state index contributed by atoms with van der Waals surface area (Å²) in [5.74, 6) is 0. The van der Waals surface area contributed by atoms with Crippen molar-refractivity contribution in [2.45, 2.75) is 0 Å². The number of rotatable bonds is 4. The van der Waals surface area contributed by atoms with Crippen LogP contribution in [0.1, 0.15) is 0 Å². The molecular weight excluding hydrogens is 695 g/mol. The van der Waals surface area contributed by atoms with Gasteiger partial charge in [-0.2, -0.15) is 0 Å². The highest BCUT2D eigenvalue weighted by molar-refractivity contribution is 7.26. The van der Waals surface area contributed by atoms with Crippen molar-refractivity contribution in [3.8, 4) is 11.1 Å². The maximum Gasteiger partial charge on any atom is 0.136 e. The summed E-state index contributed by atoms with van der Waals surface area (Å²) in [4.78, 5) is 2.46. The molecule has 12 rings (SSSR count). The Bertz CT molecular complexity index is 3470. The number of hydrogen-bond donors (Lipinski definition) is 0. The van der Waals surface area contributed by atoms with E-state index in [0.717, 1.165) is 44.6 Å². The quantitative estimate of drug-likeness (QED) is 0.180. The number of fused-ring (bicyclic) bond motifs is 12. The molecule has 252 valence electrons. The Balaban J connectivity index is 1.09. The normalized spacial score (nSPS) is 12.1. The number of furan rings is 1. The Morgan fingerprint density at radius 3 is 1.93 bits per heavy atom. The lowest BCUT2D eigenvalue weighted by Gasteiger charge is -2.27. The van der Waals surface area contributed by atoms with E-state index in [1.165, 1.54) is 67.5 Å². The number of anilines is 3. The molecule has 12 aromatic rings. The van der Waals surface area contributed by atoms with Gasteiger partial charge in [-0.05, 0) is 94.0 Å². The lowest BCUT2D eigenvalue weighted by atomic mass is 9.98. The first kappa shape index (κ1) is 30.0. The average Bonchev–Trinajstić information content (AvgIpc) is 3.92. The molecule has 0 bridgehead atoms. The van der Waals surface area contributed by atoms with Crippen LogP contribution in [-0.4, -0.2) is 0 Å². The van der Waals surface area contributed by atoms with Crippen molar-refractivity contribution in [1.29, 1.82) is 0 Å². The lowest BCUT2D eigenvalue weighted by Crippen LogP contribution is -2.10. The van der Waals surface area contributed by atoms with E-state index in [9.17, 15) is 0 Å². The SMILES string of the molecule is c1ccc2c(N(c3ccc4sc5c6ccccc6ccc5c4c3)c3ccc4sc5cccc(-c6ccc7c(c6)oc6ccccc67)c5c4c3)cccc2c1. The summed E-state index contributed by atoms with van der Waals surface area (Å²) in [6, 6.07) is 64.3. The maximum absolute atomic E-state index is 6.35. The Hall–Kier alpha value is -6.46. The Kier molecular flexibility index (Phi) is 6.41. The number of hydrogen-bond acceptors (Lipinski definition) is 4. The molecular formula is C50H29NOS2. The van der Waals surface area contributed by atoms with E-state index in [4.69, 9.17) is 4.42 Å². The fourth-order valence-corrected chi connectivity index (χ4v) is 10.9. The van der Waals surface area contributed by atoms with Gasteiger partial charge in [-0.25, -0.2) is 0 Å². The third kappa shape index (κ3) is 4.45. The Morgan fingerprint density at radius 2 is 1.06 bits per heavy atom. The first-order valence-electron chi connectivity index (χ1n) is 18.2. The van der Waals surface area contributed by atoms with Gasteiger partial charge in [-0.1, -0.05) is 109 Å². The molecule has 4 heteroatoms. The van der Waals surface area contributed by atoms with E-state index in [-0.39, 0.29) is 0 Å². The van der Waals surface area contributed by atoms with Crippen LogP contribution >= 0.6 is 22.7 Å². The van der Waals surface area contributed by atoms with Gasteiger partial charge in [-0.3, -0.25) is 0 Å². The van der Waals surface area contributed by atoms with Crippen LogP contribution in [0.15, 0.2) is 180 Å². The maximum atomic E-state index is 6.35. The van der Waals surface area contributed by atoms with E-state index in [2.05, 4.69) is 169 Å². The van der Waals surface area contributed by atoms with Crippen LogP contribution < -0.4 is 4.90 Å². The Labute approximate surface area is 318 Å². The molecule has 0 saturated carbocycles. The highest BCUT2D eigenvalue weighted by atomic mass is 32.1. The molecule has 0 atom stereocenters. The molecule has 0 spiro atoms. The van der Waals surface area contributed by atoms with Gasteiger partial charge >= 0.3 is 0 Å². The van der Waals surface area contributed by atoms with E-state index in [1.807, 2.05) is 34.8 Å². The third-order valence-electron chi connectivity index (χ3n) is 11.0. The fourth-order valence-electron chi connectivity index (χ4n) is 8.55. The number of benzene rings is 9. The summed E-state index contributed by atoms with van der Waals surface area (Å²) in [5.41, 5.74) is 7.64. The number of para-hydroxylation sites is 1. The zero-order valence-electron chi connectivity index (χ0n) is 28.9. The summed E-state index contributed by atoms with van der Waals surface area (Å²) in [6.07, 6.45) is 0. The van der Waals surface area contributed by atoms with E-state index in [0.29, 0.717) is 0 Å². The summed E-state index contributed by atoms with van der Waals surface area (Å²) < 4.78 is 11.5. The van der Waals surface area contributed by atoms with Crippen molar-refractivity contribution in [2.75, 3.05) is 4.90 Å². The predicted molar refractivity (Wildman–Crippen MR) is 235 cm³/mol. The van der Waals surface area contributed by atoms with Crippen molar-refractivity contribution in [2.24, 2.45) is 0 Å². The monoisotopic (exact) mass is 723 g/mol. The molecule has 2 nitrogen and oxygen atoms in total. The van der Waals surface area contributed by atoms with E-state index < -0.39 is 0 Å². The molecule has 0 fully saturated rings. The molecule has 0 radical (unpaired) electrons. The molecule has 0 aliphatic heterocycles. The minimum Gasteiger partial charge on any atom is -0.456 e. The van der Waals surface area contributed by atoms with Crippen LogP contribution in [0.25, 0.3) is 95.0 Å². The van der Waals surface area contributed by atoms with E-state index in [1.54, 1.807) is 0 Å². The first-order chi connectivity index (χ1) is 26.7. The fraction of sp³-hybridized carbons (Fsp3) is 0. The van der Waals surface area contributed by atoms with Crippen LogP contribution in [0.3, 0.4) is 0 Å². The molecule has 0 amide bonds. The molecule has 0 saturated heterocycles. The molecule has 0 unspecified atom stereocenters. The minimum atomic E-state index is 0.914. The zero-order chi connectivity index (χ0) is 35.3. The van der Waals surface area contributed by atoms with Crippen molar-refractivity contribution in [3.05, 3.63) is 176 Å². The van der Waals surface area contributed by atoms with Crippen LogP contribution in [-0.2, 0) is 0 Å². The van der Waals surface area contributed by atoms with Gasteiger partial charge in [0.25, 0.3) is 0 Å². The van der Waals surface area contributed by atoms with Crippen LogP contribution in [0.4, 0.5) is 17.1 Å². The molecule has 9 aromatic carbocycles. The molecule has 0 aliphatic carbocycles. The molecule has 3 heterocycles. The van der Waals surface area contributed by atoms with Crippen LogP contribution in [0.2, 0.25) is 0 Å². The third-order valence-corrected chi connectivity index (χ3v) is 13.4. The first-order valence-corrected chi connectivity index (χ1v) is 19.9. The van der Waals surface area contributed by atoms with E-state index >= 15 is 0 Å².